The maximum atomic E-state index is 5.97. The predicted molar refractivity (Wildman–Crippen MR) is 67.4 cm³/mol. The van der Waals surface area contributed by atoms with E-state index in [2.05, 4.69) is 10.2 Å². The van der Waals surface area contributed by atoms with Crippen LogP contribution in [0.1, 0.15) is 0 Å². The van der Waals surface area contributed by atoms with Crippen molar-refractivity contribution in [3.8, 4) is 11.4 Å². The summed E-state index contributed by atoms with van der Waals surface area (Å²) in [4.78, 5) is 0. The smallest absolute Gasteiger partial charge is 0.163 e. The minimum atomic E-state index is 0.505. The second-order valence-corrected chi connectivity index (χ2v) is 4.28. The lowest BCUT2D eigenvalue weighted by Crippen LogP contribution is -2.04. The van der Waals surface area contributed by atoms with Crippen LogP contribution >= 0.6 is 23.2 Å². The van der Waals surface area contributed by atoms with E-state index in [0.717, 1.165) is 11.4 Å². The Morgan fingerprint density at radius 2 is 2.12 bits per heavy atom. The Hall–Kier alpha value is -1.10. The first-order valence-electron chi connectivity index (χ1n) is 5.04. The standard InChI is InChI=1S/C11H11Cl2N3O/c1-17-5-4-16-7-14-15-11(16)8-2-3-9(12)10(13)6-8/h2-3,6-7H,4-5H2,1H3. The maximum Gasteiger partial charge on any atom is 0.163 e. The van der Waals surface area contributed by atoms with Crippen LogP contribution in [0.25, 0.3) is 11.4 Å². The van der Waals surface area contributed by atoms with E-state index in [-0.39, 0.29) is 0 Å². The molecule has 1 aromatic heterocycles. The van der Waals surface area contributed by atoms with E-state index in [1.807, 2.05) is 10.6 Å². The van der Waals surface area contributed by atoms with Crippen molar-refractivity contribution < 1.29 is 4.74 Å². The number of methoxy groups -OCH3 is 1. The second-order valence-electron chi connectivity index (χ2n) is 3.47. The highest BCUT2D eigenvalue weighted by molar-refractivity contribution is 6.42. The van der Waals surface area contributed by atoms with Crippen molar-refractivity contribution in [3.63, 3.8) is 0 Å². The highest BCUT2D eigenvalue weighted by Crippen LogP contribution is 2.27. The molecule has 0 fully saturated rings. The first-order chi connectivity index (χ1) is 8.22. The molecule has 0 amide bonds. The molecule has 0 atom stereocenters. The van der Waals surface area contributed by atoms with Gasteiger partial charge in [-0.15, -0.1) is 10.2 Å². The summed E-state index contributed by atoms with van der Waals surface area (Å²) in [6, 6.07) is 5.38. The maximum absolute atomic E-state index is 5.97. The van der Waals surface area contributed by atoms with Crippen molar-refractivity contribution in [2.45, 2.75) is 6.54 Å². The molecule has 0 saturated carbocycles. The van der Waals surface area contributed by atoms with Crippen LogP contribution in [0.3, 0.4) is 0 Å². The Balaban J connectivity index is 2.32. The molecule has 2 rings (SSSR count). The van der Waals surface area contributed by atoms with Crippen molar-refractivity contribution in [2.75, 3.05) is 13.7 Å². The molecule has 2 aromatic rings. The van der Waals surface area contributed by atoms with Crippen LogP contribution in [-0.4, -0.2) is 28.5 Å². The number of hydrogen-bond donors (Lipinski definition) is 0. The summed E-state index contributed by atoms with van der Waals surface area (Å²) < 4.78 is 6.93. The van der Waals surface area contributed by atoms with Crippen molar-refractivity contribution in [1.82, 2.24) is 14.8 Å². The van der Waals surface area contributed by atoms with Crippen LogP contribution in [0.15, 0.2) is 24.5 Å². The molecule has 90 valence electrons. The second kappa shape index (κ2) is 5.49. The molecule has 0 N–H and O–H groups in total. The number of aromatic nitrogens is 3. The summed E-state index contributed by atoms with van der Waals surface area (Å²) in [5, 5.41) is 8.98. The monoisotopic (exact) mass is 271 g/mol. The highest BCUT2D eigenvalue weighted by Gasteiger charge is 2.08. The molecular formula is C11H11Cl2N3O. The number of halogens is 2. The Bertz CT molecular complexity index is 513. The topological polar surface area (TPSA) is 39.9 Å². The number of hydrogen-bond acceptors (Lipinski definition) is 3. The molecular weight excluding hydrogens is 261 g/mol. The van der Waals surface area contributed by atoms with Gasteiger partial charge in [0.1, 0.15) is 6.33 Å². The average Bonchev–Trinajstić information content (AvgIpc) is 2.78. The predicted octanol–water partition coefficient (Wildman–Crippen LogP) is 2.90. The van der Waals surface area contributed by atoms with Gasteiger partial charge in [0.2, 0.25) is 0 Å². The van der Waals surface area contributed by atoms with E-state index in [4.69, 9.17) is 27.9 Å². The SMILES string of the molecule is COCCn1cnnc1-c1ccc(Cl)c(Cl)c1. The van der Waals surface area contributed by atoms with Crippen molar-refractivity contribution >= 4 is 23.2 Å². The van der Waals surface area contributed by atoms with E-state index in [1.165, 1.54) is 0 Å². The summed E-state index contributed by atoms with van der Waals surface area (Å²) in [5.41, 5.74) is 0.882. The van der Waals surface area contributed by atoms with Gasteiger partial charge in [0.15, 0.2) is 5.82 Å². The van der Waals surface area contributed by atoms with Crippen molar-refractivity contribution in [3.05, 3.63) is 34.6 Å². The molecule has 0 radical (unpaired) electrons. The molecule has 17 heavy (non-hydrogen) atoms. The molecule has 0 spiro atoms. The van der Waals surface area contributed by atoms with Crippen LogP contribution in [0.5, 0.6) is 0 Å². The summed E-state index contributed by atoms with van der Waals surface area (Å²) in [5.74, 6) is 0.751. The van der Waals surface area contributed by atoms with Gasteiger partial charge in [-0.2, -0.15) is 0 Å². The lowest BCUT2D eigenvalue weighted by molar-refractivity contribution is 0.187. The largest absolute Gasteiger partial charge is 0.383 e. The third-order valence-electron chi connectivity index (χ3n) is 2.33. The molecule has 0 unspecified atom stereocenters. The highest BCUT2D eigenvalue weighted by atomic mass is 35.5. The third kappa shape index (κ3) is 2.77. The zero-order valence-electron chi connectivity index (χ0n) is 9.23. The summed E-state index contributed by atoms with van der Waals surface area (Å²) in [6.07, 6.45) is 1.66. The van der Waals surface area contributed by atoms with Gasteiger partial charge in [0.05, 0.1) is 16.7 Å². The Morgan fingerprint density at radius 3 is 2.82 bits per heavy atom. The normalized spacial score (nSPS) is 10.8. The van der Waals surface area contributed by atoms with Gasteiger partial charge in [-0.3, -0.25) is 0 Å². The summed E-state index contributed by atoms with van der Waals surface area (Å²) >= 11 is 11.8. The molecule has 6 heteroatoms. The molecule has 1 aromatic carbocycles. The van der Waals surface area contributed by atoms with E-state index in [0.29, 0.717) is 23.2 Å². The minimum Gasteiger partial charge on any atom is -0.383 e. The zero-order chi connectivity index (χ0) is 12.3. The van der Waals surface area contributed by atoms with E-state index >= 15 is 0 Å². The fourth-order valence-electron chi connectivity index (χ4n) is 1.47. The molecule has 0 saturated heterocycles. The molecule has 0 aliphatic carbocycles. The van der Waals surface area contributed by atoms with Crippen molar-refractivity contribution in [2.24, 2.45) is 0 Å². The van der Waals surface area contributed by atoms with E-state index < -0.39 is 0 Å². The number of ether oxygens (including phenoxy) is 1. The zero-order valence-corrected chi connectivity index (χ0v) is 10.7. The first kappa shape index (κ1) is 12.4. The lowest BCUT2D eigenvalue weighted by Gasteiger charge is -2.06. The number of nitrogens with zero attached hydrogens (tertiary/aromatic N) is 3. The summed E-state index contributed by atoms with van der Waals surface area (Å²) in [6.45, 7) is 1.30. The van der Waals surface area contributed by atoms with E-state index in [9.17, 15) is 0 Å². The molecule has 4 nitrogen and oxygen atoms in total. The fraction of sp³-hybridized carbons (Fsp3) is 0.273. The number of benzene rings is 1. The van der Waals surface area contributed by atoms with Gasteiger partial charge < -0.3 is 9.30 Å². The fourth-order valence-corrected chi connectivity index (χ4v) is 1.77. The minimum absolute atomic E-state index is 0.505. The Kier molecular flexibility index (Phi) is 3.99. The van der Waals surface area contributed by atoms with Crippen LogP contribution in [0, 0.1) is 0 Å². The molecule has 0 aliphatic rings. The molecule has 1 heterocycles. The van der Waals surface area contributed by atoms with Crippen LogP contribution in [0.2, 0.25) is 10.0 Å². The number of rotatable bonds is 4. The Morgan fingerprint density at radius 1 is 1.29 bits per heavy atom. The van der Waals surface area contributed by atoms with Crippen molar-refractivity contribution in [1.29, 1.82) is 0 Å². The van der Waals surface area contributed by atoms with Crippen LogP contribution in [0.4, 0.5) is 0 Å². The molecule has 0 aliphatic heterocycles. The third-order valence-corrected chi connectivity index (χ3v) is 3.07. The average molecular weight is 272 g/mol. The van der Waals surface area contributed by atoms with Gasteiger partial charge in [-0.25, -0.2) is 0 Å². The first-order valence-corrected chi connectivity index (χ1v) is 5.80. The van der Waals surface area contributed by atoms with Gasteiger partial charge in [0.25, 0.3) is 0 Å². The Labute approximate surface area is 109 Å². The van der Waals surface area contributed by atoms with Gasteiger partial charge >= 0.3 is 0 Å². The lowest BCUT2D eigenvalue weighted by atomic mass is 10.2. The van der Waals surface area contributed by atoms with E-state index in [1.54, 1.807) is 25.6 Å². The van der Waals surface area contributed by atoms with Gasteiger partial charge in [0, 0.05) is 19.2 Å². The summed E-state index contributed by atoms with van der Waals surface area (Å²) in [7, 11) is 1.66. The van der Waals surface area contributed by atoms with Gasteiger partial charge in [-0.05, 0) is 18.2 Å². The molecule has 0 bridgehead atoms. The van der Waals surface area contributed by atoms with Crippen LogP contribution < -0.4 is 0 Å². The van der Waals surface area contributed by atoms with Crippen LogP contribution in [-0.2, 0) is 11.3 Å². The quantitative estimate of drug-likeness (QED) is 0.859. The van der Waals surface area contributed by atoms with Gasteiger partial charge in [-0.1, -0.05) is 23.2 Å².